The summed E-state index contributed by atoms with van der Waals surface area (Å²) >= 11 is 0. The molecular formula is C28H37N3O5. The Kier molecular flexibility index (Phi) is 7.40. The summed E-state index contributed by atoms with van der Waals surface area (Å²) < 4.78 is 11.3. The van der Waals surface area contributed by atoms with E-state index < -0.39 is 17.7 Å². The first kappa shape index (κ1) is 24.9. The smallest absolute Gasteiger partial charge is 0.249 e. The average molecular weight is 496 g/mol. The molecule has 0 aromatic heterocycles. The number of piperazine rings is 1. The quantitative estimate of drug-likeness (QED) is 0.608. The van der Waals surface area contributed by atoms with E-state index in [1.807, 2.05) is 12.1 Å². The van der Waals surface area contributed by atoms with Gasteiger partial charge in [0, 0.05) is 19.6 Å². The Bertz CT molecular complexity index is 1030. The molecule has 4 aliphatic rings. The van der Waals surface area contributed by atoms with Crippen molar-refractivity contribution >= 4 is 11.8 Å². The Morgan fingerprint density at radius 2 is 1.83 bits per heavy atom. The third kappa shape index (κ3) is 4.79. The van der Waals surface area contributed by atoms with E-state index in [9.17, 15) is 14.7 Å². The van der Waals surface area contributed by atoms with Crippen LogP contribution >= 0.6 is 0 Å². The maximum Gasteiger partial charge on any atom is 0.249 e. The van der Waals surface area contributed by atoms with Crippen LogP contribution in [0.15, 0.2) is 18.2 Å². The summed E-state index contributed by atoms with van der Waals surface area (Å²) in [4.78, 5) is 31.3. The minimum absolute atomic E-state index is 0.0500. The average Bonchev–Trinajstić information content (AvgIpc) is 2.92. The van der Waals surface area contributed by atoms with Crippen molar-refractivity contribution in [1.29, 1.82) is 0 Å². The molecule has 2 N–H and O–H groups in total. The summed E-state index contributed by atoms with van der Waals surface area (Å²) in [6.07, 6.45) is 5.30. The highest BCUT2D eigenvalue weighted by Gasteiger charge is 2.55. The van der Waals surface area contributed by atoms with E-state index >= 15 is 0 Å². The molecule has 5 rings (SSSR count). The molecule has 1 aromatic rings. The topological polar surface area (TPSA) is 91.3 Å². The fraction of sp³-hybridized carbons (Fsp3) is 0.643. The first-order valence-electron chi connectivity index (χ1n) is 13.3. The fourth-order valence-electron chi connectivity index (χ4n) is 6.23. The van der Waals surface area contributed by atoms with Crippen LogP contribution < -0.4 is 14.8 Å². The van der Waals surface area contributed by atoms with Crippen molar-refractivity contribution in [2.75, 3.05) is 32.8 Å². The second-order valence-corrected chi connectivity index (χ2v) is 10.5. The van der Waals surface area contributed by atoms with Crippen LogP contribution in [0.2, 0.25) is 0 Å². The monoisotopic (exact) mass is 495 g/mol. The molecule has 1 aliphatic carbocycles. The number of rotatable bonds is 5. The zero-order valence-electron chi connectivity index (χ0n) is 21.1. The van der Waals surface area contributed by atoms with E-state index in [0.29, 0.717) is 39.1 Å². The lowest BCUT2D eigenvalue weighted by atomic mass is 9.78. The summed E-state index contributed by atoms with van der Waals surface area (Å²) in [6, 6.07) is 5.14. The number of ether oxygens (including phenoxy) is 2. The standard InChI is InChI=1S/C28H37N3O5/c1-2-3-13-31-26(33)24(25(32)21-7-5-4-6-8-21)29-27(34)28(31)11-14-30(15-12-28)19-20-9-10-22-23(18-20)36-17-16-35-22/h9-10,18,21,24-25,32H,4-8,11-17,19H2,1H3,(H,29,34). The van der Waals surface area contributed by atoms with E-state index in [0.717, 1.165) is 55.7 Å². The highest BCUT2D eigenvalue weighted by Crippen LogP contribution is 2.37. The van der Waals surface area contributed by atoms with Gasteiger partial charge in [-0.25, -0.2) is 0 Å². The van der Waals surface area contributed by atoms with Crippen LogP contribution in [0.3, 0.4) is 0 Å². The van der Waals surface area contributed by atoms with Gasteiger partial charge in [-0.3, -0.25) is 14.5 Å². The van der Waals surface area contributed by atoms with Gasteiger partial charge in [-0.05, 0) is 56.2 Å². The molecule has 2 saturated heterocycles. The number of likely N-dealkylation sites (tertiary alicyclic amines) is 1. The van der Waals surface area contributed by atoms with E-state index in [2.05, 4.69) is 28.1 Å². The molecule has 1 spiro atoms. The lowest BCUT2D eigenvalue weighted by Gasteiger charge is -2.52. The number of amides is 2. The predicted octanol–water partition coefficient (Wildman–Crippen LogP) is 2.08. The summed E-state index contributed by atoms with van der Waals surface area (Å²) in [5.74, 6) is 7.14. The second-order valence-electron chi connectivity index (χ2n) is 10.5. The number of piperidine rings is 1. The Labute approximate surface area is 213 Å². The normalized spacial score (nSPS) is 25.2. The molecule has 8 nitrogen and oxygen atoms in total. The third-order valence-corrected chi connectivity index (χ3v) is 8.34. The first-order chi connectivity index (χ1) is 17.5. The minimum Gasteiger partial charge on any atom is -0.486 e. The molecule has 0 bridgehead atoms. The Hall–Kier alpha value is -2.76. The van der Waals surface area contributed by atoms with Gasteiger partial charge in [-0.15, -0.1) is 5.92 Å². The maximum absolute atomic E-state index is 13.7. The summed E-state index contributed by atoms with van der Waals surface area (Å²) in [6.45, 7) is 5.17. The van der Waals surface area contributed by atoms with Gasteiger partial charge >= 0.3 is 0 Å². The van der Waals surface area contributed by atoms with Crippen molar-refractivity contribution in [2.24, 2.45) is 5.92 Å². The van der Waals surface area contributed by atoms with Crippen molar-refractivity contribution in [2.45, 2.75) is 76.1 Å². The number of fused-ring (bicyclic) bond motifs is 1. The van der Waals surface area contributed by atoms with Crippen molar-refractivity contribution in [3.8, 4) is 23.3 Å². The Morgan fingerprint density at radius 1 is 1.11 bits per heavy atom. The Balaban J connectivity index is 1.28. The van der Waals surface area contributed by atoms with E-state index in [-0.39, 0.29) is 24.3 Å². The molecule has 3 aliphatic heterocycles. The van der Waals surface area contributed by atoms with Crippen molar-refractivity contribution in [3.05, 3.63) is 23.8 Å². The van der Waals surface area contributed by atoms with Crippen LogP contribution in [0, 0.1) is 17.8 Å². The van der Waals surface area contributed by atoms with Crippen molar-refractivity contribution in [1.82, 2.24) is 15.1 Å². The second kappa shape index (κ2) is 10.7. The highest BCUT2D eigenvalue weighted by atomic mass is 16.6. The zero-order chi connectivity index (χ0) is 25.1. The summed E-state index contributed by atoms with van der Waals surface area (Å²) in [5.41, 5.74) is 0.205. The number of carbonyl (C=O) groups excluding carboxylic acids is 2. The van der Waals surface area contributed by atoms with Crippen LogP contribution in [0.4, 0.5) is 0 Å². The van der Waals surface area contributed by atoms with Gasteiger partial charge < -0.3 is 24.8 Å². The largest absolute Gasteiger partial charge is 0.486 e. The molecular weight excluding hydrogens is 458 g/mol. The number of hydrogen-bond donors (Lipinski definition) is 2. The summed E-state index contributed by atoms with van der Waals surface area (Å²) in [7, 11) is 0. The molecule has 3 fully saturated rings. The van der Waals surface area contributed by atoms with Gasteiger partial charge in [0.15, 0.2) is 11.5 Å². The van der Waals surface area contributed by atoms with Gasteiger partial charge in [-0.1, -0.05) is 31.2 Å². The molecule has 8 heteroatoms. The highest BCUT2D eigenvalue weighted by molar-refractivity contribution is 6.00. The van der Waals surface area contributed by atoms with E-state index in [1.165, 1.54) is 0 Å². The van der Waals surface area contributed by atoms with Crippen LogP contribution in [-0.4, -0.2) is 77.3 Å². The van der Waals surface area contributed by atoms with Crippen molar-refractivity contribution < 1.29 is 24.2 Å². The molecule has 2 unspecified atom stereocenters. The maximum atomic E-state index is 13.7. The van der Waals surface area contributed by atoms with Crippen LogP contribution in [-0.2, 0) is 16.1 Å². The van der Waals surface area contributed by atoms with Crippen LogP contribution in [0.1, 0.15) is 57.4 Å². The number of nitrogens with one attached hydrogen (secondary N) is 1. The molecule has 2 amide bonds. The molecule has 2 atom stereocenters. The number of hydrogen-bond acceptors (Lipinski definition) is 6. The number of nitrogens with zero attached hydrogens (tertiary/aromatic N) is 2. The van der Waals surface area contributed by atoms with Gasteiger partial charge in [0.2, 0.25) is 11.8 Å². The van der Waals surface area contributed by atoms with Crippen LogP contribution in [0.25, 0.3) is 0 Å². The Morgan fingerprint density at radius 3 is 2.56 bits per heavy atom. The van der Waals surface area contributed by atoms with Crippen LogP contribution in [0.5, 0.6) is 11.5 Å². The zero-order valence-corrected chi connectivity index (χ0v) is 21.1. The summed E-state index contributed by atoms with van der Waals surface area (Å²) in [5, 5.41) is 14.0. The van der Waals surface area contributed by atoms with Crippen molar-refractivity contribution in [3.63, 3.8) is 0 Å². The lowest BCUT2D eigenvalue weighted by Crippen LogP contribution is -2.75. The van der Waals surface area contributed by atoms with Gasteiger partial charge in [0.1, 0.15) is 24.8 Å². The minimum atomic E-state index is -0.924. The van der Waals surface area contributed by atoms with E-state index in [4.69, 9.17) is 9.47 Å². The SMILES string of the molecule is CC#CCN1C(=O)C(C(O)C2CCCCC2)NC(=O)C12CCN(Cc1ccc3c(c1)OCCO3)CC2. The van der Waals surface area contributed by atoms with Gasteiger partial charge in [-0.2, -0.15) is 0 Å². The molecule has 194 valence electrons. The molecule has 3 heterocycles. The third-order valence-electron chi connectivity index (χ3n) is 8.34. The van der Waals surface area contributed by atoms with Gasteiger partial charge in [0.05, 0.1) is 12.6 Å². The molecule has 0 radical (unpaired) electrons. The molecule has 1 saturated carbocycles. The number of benzene rings is 1. The molecule has 1 aromatic carbocycles. The van der Waals surface area contributed by atoms with Gasteiger partial charge in [0.25, 0.3) is 0 Å². The molecule has 36 heavy (non-hydrogen) atoms. The lowest BCUT2D eigenvalue weighted by molar-refractivity contribution is -0.164. The number of aliphatic hydroxyl groups is 1. The fourth-order valence-corrected chi connectivity index (χ4v) is 6.23. The predicted molar refractivity (Wildman–Crippen MR) is 134 cm³/mol. The number of carbonyl (C=O) groups is 2. The number of aliphatic hydroxyl groups excluding tert-OH is 1. The van der Waals surface area contributed by atoms with E-state index in [1.54, 1.807) is 11.8 Å². The first-order valence-corrected chi connectivity index (χ1v) is 13.3.